The fourth-order valence-corrected chi connectivity index (χ4v) is 1.10. The van der Waals surface area contributed by atoms with Gasteiger partial charge in [-0.3, -0.25) is 10.1 Å². The van der Waals surface area contributed by atoms with Crippen LogP contribution in [0, 0.1) is 0 Å². The van der Waals surface area contributed by atoms with Gasteiger partial charge in [-0.1, -0.05) is 0 Å². The Labute approximate surface area is 97.1 Å². The number of halogens is 1. The molecule has 4 N–H and O–H groups in total. The zero-order valence-electron chi connectivity index (χ0n) is 8.04. The van der Waals surface area contributed by atoms with Crippen LogP contribution in [0.3, 0.4) is 0 Å². The van der Waals surface area contributed by atoms with Crippen molar-refractivity contribution in [3.8, 4) is 11.3 Å². The number of H-pyrrole nitrogens is 1. The number of nitrogens with zero attached hydrogens (tertiary/aromatic N) is 2. The maximum atomic E-state index is 10.6. The summed E-state index contributed by atoms with van der Waals surface area (Å²) in [5.74, 6) is -1.02. The molecule has 0 aliphatic heterocycles. The Morgan fingerprint density at radius 2 is 1.94 bits per heavy atom. The van der Waals surface area contributed by atoms with Crippen molar-refractivity contribution in [2.75, 3.05) is 0 Å². The van der Waals surface area contributed by atoms with Crippen molar-refractivity contribution >= 4 is 18.4 Å². The van der Waals surface area contributed by atoms with Gasteiger partial charge in [0.25, 0.3) is 0 Å². The van der Waals surface area contributed by atoms with Gasteiger partial charge in [0.05, 0.1) is 5.69 Å². The maximum absolute atomic E-state index is 10.6. The van der Waals surface area contributed by atoms with Crippen LogP contribution < -0.4 is 0 Å². The number of carbonyl (C=O) groups is 1. The number of carboxylic acids is 1. The molecule has 0 saturated carbocycles. The lowest BCUT2D eigenvalue weighted by molar-refractivity contribution is 0.0690. The first kappa shape index (κ1) is 14.1. The summed E-state index contributed by atoms with van der Waals surface area (Å²) >= 11 is 0. The zero-order chi connectivity index (χ0) is 9.97. The summed E-state index contributed by atoms with van der Waals surface area (Å²) in [6.45, 7) is 0. The van der Waals surface area contributed by atoms with E-state index in [4.69, 9.17) is 5.11 Å². The predicted molar refractivity (Wildman–Crippen MR) is 59.6 cm³/mol. The summed E-state index contributed by atoms with van der Waals surface area (Å²) in [6.07, 6.45) is 3.26. The summed E-state index contributed by atoms with van der Waals surface area (Å²) < 4.78 is 0. The van der Waals surface area contributed by atoms with Gasteiger partial charge in [0.15, 0.2) is 0 Å². The molecule has 0 saturated heterocycles. The molecule has 0 bridgehead atoms. The van der Waals surface area contributed by atoms with E-state index in [1.807, 2.05) is 0 Å². The smallest absolute Gasteiger partial charge is 0.353 e. The van der Waals surface area contributed by atoms with Gasteiger partial charge in [-0.25, -0.2) is 4.79 Å². The zero-order valence-corrected chi connectivity index (χ0v) is 8.86. The summed E-state index contributed by atoms with van der Waals surface area (Å²) in [5.41, 5.74) is 1.52. The topological polar surface area (TPSA) is 110 Å². The van der Waals surface area contributed by atoms with E-state index in [0.29, 0.717) is 5.69 Å². The van der Waals surface area contributed by atoms with Crippen molar-refractivity contribution in [3.05, 3.63) is 36.3 Å². The van der Waals surface area contributed by atoms with E-state index in [0.717, 1.165) is 5.56 Å². The molecule has 7 heteroatoms. The average Bonchev–Trinajstić information content (AvgIpc) is 2.68. The van der Waals surface area contributed by atoms with Gasteiger partial charge >= 0.3 is 5.97 Å². The standard InChI is InChI=1S/C9H7N3O2.ClH.H2O/c13-9(14)8-5-7(11-12-8)6-1-3-10-4-2-6;;/h1-5H,(H,11,12)(H,13,14);1H;1H2. The molecule has 2 rings (SSSR count). The van der Waals surface area contributed by atoms with E-state index in [1.54, 1.807) is 24.5 Å². The average molecular weight is 244 g/mol. The number of aromatic amines is 1. The first-order chi connectivity index (χ1) is 6.77. The predicted octanol–water partition coefficient (Wildman–Crippen LogP) is 0.767. The van der Waals surface area contributed by atoms with Gasteiger partial charge in [0, 0.05) is 18.0 Å². The van der Waals surface area contributed by atoms with Crippen molar-refractivity contribution < 1.29 is 15.4 Å². The maximum Gasteiger partial charge on any atom is 0.353 e. The molecule has 2 heterocycles. The minimum absolute atomic E-state index is 0. The molecule has 0 aliphatic carbocycles. The van der Waals surface area contributed by atoms with E-state index in [9.17, 15) is 4.79 Å². The summed E-state index contributed by atoms with van der Waals surface area (Å²) in [4.78, 5) is 14.4. The highest BCUT2D eigenvalue weighted by Gasteiger charge is 2.08. The van der Waals surface area contributed by atoms with Crippen LogP contribution >= 0.6 is 12.4 Å². The van der Waals surface area contributed by atoms with Crippen molar-refractivity contribution in [2.24, 2.45) is 0 Å². The molecule has 0 aromatic carbocycles. The fraction of sp³-hybridized carbons (Fsp3) is 0. The first-order valence-electron chi connectivity index (χ1n) is 3.96. The Morgan fingerprint density at radius 1 is 1.31 bits per heavy atom. The highest BCUT2D eigenvalue weighted by Crippen LogP contribution is 2.15. The SMILES string of the molecule is Cl.O.O=C(O)c1cc(-c2ccncc2)n[nH]1. The first-order valence-corrected chi connectivity index (χ1v) is 3.96. The quantitative estimate of drug-likeness (QED) is 0.811. The number of nitrogens with one attached hydrogen (secondary N) is 1. The Hall–Kier alpha value is -1.92. The Bertz CT molecular complexity index is 458. The molecule has 0 spiro atoms. The van der Waals surface area contributed by atoms with Gasteiger partial charge < -0.3 is 10.6 Å². The van der Waals surface area contributed by atoms with Gasteiger partial charge in [-0.15, -0.1) is 12.4 Å². The molecule has 0 radical (unpaired) electrons. The molecule has 0 amide bonds. The van der Waals surface area contributed by atoms with Crippen LogP contribution in [0.25, 0.3) is 11.3 Å². The summed E-state index contributed by atoms with van der Waals surface area (Å²) in [7, 11) is 0. The van der Waals surface area contributed by atoms with Crippen molar-refractivity contribution in [1.82, 2.24) is 15.2 Å². The van der Waals surface area contributed by atoms with Crippen molar-refractivity contribution in [3.63, 3.8) is 0 Å². The van der Waals surface area contributed by atoms with Gasteiger partial charge in [0.1, 0.15) is 5.69 Å². The molecule has 2 aromatic heterocycles. The third-order valence-electron chi connectivity index (χ3n) is 1.78. The van der Waals surface area contributed by atoms with E-state index >= 15 is 0 Å². The van der Waals surface area contributed by atoms with E-state index in [-0.39, 0.29) is 23.6 Å². The number of aromatic carboxylic acids is 1. The lowest BCUT2D eigenvalue weighted by atomic mass is 10.2. The van der Waals surface area contributed by atoms with E-state index in [1.165, 1.54) is 6.07 Å². The Morgan fingerprint density at radius 3 is 2.44 bits per heavy atom. The van der Waals surface area contributed by atoms with Crippen LogP contribution in [0.5, 0.6) is 0 Å². The van der Waals surface area contributed by atoms with E-state index < -0.39 is 5.97 Å². The minimum Gasteiger partial charge on any atom is -0.477 e. The summed E-state index contributed by atoms with van der Waals surface area (Å²) in [5, 5.41) is 15.0. The Kier molecular flexibility index (Phi) is 5.14. The third kappa shape index (κ3) is 2.78. The minimum atomic E-state index is -1.02. The Balaban J connectivity index is 0.00000112. The molecule has 0 unspecified atom stereocenters. The number of rotatable bonds is 2. The van der Waals surface area contributed by atoms with E-state index in [2.05, 4.69) is 15.2 Å². The second-order valence-electron chi connectivity index (χ2n) is 2.71. The number of hydrogen-bond acceptors (Lipinski definition) is 3. The van der Waals surface area contributed by atoms with Crippen LogP contribution in [0.2, 0.25) is 0 Å². The van der Waals surface area contributed by atoms with Gasteiger partial charge in [0.2, 0.25) is 0 Å². The highest BCUT2D eigenvalue weighted by molar-refractivity contribution is 5.86. The lowest BCUT2D eigenvalue weighted by Crippen LogP contribution is -1.95. The second-order valence-corrected chi connectivity index (χ2v) is 2.71. The molecule has 0 aliphatic rings. The molecule has 16 heavy (non-hydrogen) atoms. The number of pyridine rings is 1. The number of aromatic nitrogens is 3. The van der Waals surface area contributed by atoms with Crippen LogP contribution in [-0.2, 0) is 0 Å². The molecular formula is C9H10ClN3O3. The highest BCUT2D eigenvalue weighted by atomic mass is 35.5. The van der Waals surface area contributed by atoms with Crippen LogP contribution in [0.4, 0.5) is 0 Å². The van der Waals surface area contributed by atoms with Crippen molar-refractivity contribution in [1.29, 1.82) is 0 Å². The number of hydrogen-bond donors (Lipinski definition) is 2. The van der Waals surface area contributed by atoms with Crippen molar-refractivity contribution in [2.45, 2.75) is 0 Å². The summed E-state index contributed by atoms with van der Waals surface area (Å²) in [6, 6.07) is 5.02. The van der Waals surface area contributed by atoms with Crippen LogP contribution in [0.1, 0.15) is 10.5 Å². The van der Waals surface area contributed by atoms with Crippen LogP contribution in [0.15, 0.2) is 30.6 Å². The number of carboxylic acid groups (broad SMARTS) is 1. The lowest BCUT2D eigenvalue weighted by Gasteiger charge is -1.91. The van der Waals surface area contributed by atoms with Gasteiger partial charge in [-0.05, 0) is 18.2 Å². The monoisotopic (exact) mass is 243 g/mol. The third-order valence-corrected chi connectivity index (χ3v) is 1.78. The molecule has 2 aromatic rings. The molecule has 0 fully saturated rings. The molecule has 86 valence electrons. The molecular weight excluding hydrogens is 234 g/mol. The normalized spacial score (nSPS) is 8.75. The second kappa shape index (κ2) is 5.84. The van der Waals surface area contributed by atoms with Gasteiger partial charge in [-0.2, -0.15) is 5.10 Å². The fourth-order valence-electron chi connectivity index (χ4n) is 1.10. The molecule has 0 atom stereocenters. The largest absolute Gasteiger partial charge is 0.477 e. The van der Waals surface area contributed by atoms with Crippen LogP contribution in [-0.4, -0.2) is 31.7 Å². The molecule has 6 nitrogen and oxygen atoms in total.